The van der Waals surface area contributed by atoms with E-state index in [0.29, 0.717) is 17.3 Å². The van der Waals surface area contributed by atoms with E-state index in [1.54, 1.807) is 30.3 Å². The zero-order chi connectivity index (χ0) is 19.4. The fraction of sp³-hybridized carbons (Fsp3) is 0.263. The zero-order valence-corrected chi connectivity index (χ0v) is 15.3. The second-order valence-electron chi connectivity index (χ2n) is 6.05. The van der Waals surface area contributed by atoms with E-state index in [4.69, 9.17) is 21.1 Å². The van der Waals surface area contributed by atoms with Gasteiger partial charge in [0.2, 0.25) is 5.91 Å². The topological polar surface area (TPSA) is 67.9 Å². The quantitative estimate of drug-likeness (QED) is 0.759. The summed E-state index contributed by atoms with van der Waals surface area (Å²) in [6.07, 6.45) is -1.07. The molecule has 2 amide bonds. The number of anilines is 1. The van der Waals surface area contributed by atoms with Gasteiger partial charge in [-0.15, -0.1) is 11.6 Å². The minimum Gasteiger partial charge on any atom is -0.454 e. The molecule has 0 aromatic heterocycles. The van der Waals surface area contributed by atoms with Crippen molar-refractivity contribution in [2.45, 2.75) is 18.9 Å². The Labute approximate surface area is 160 Å². The molecule has 1 fully saturated rings. The number of ether oxygens (including phenoxy) is 2. The molecule has 1 saturated heterocycles. The molecule has 2 aromatic carbocycles. The summed E-state index contributed by atoms with van der Waals surface area (Å²) < 4.78 is 25.1. The Morgan fingerprint density at radius 2 is 2.07 bits per heavy atom. The maximum absolute atomic E-state index is 14.4. The lowest BCUT2D eigenvalue weighted by Crippen LogP contribution is -2.33. The van der Waals surface area contributed by atoms with Crippen LogP contribution in [0.1, 0.15) is 12.5 Å². The third-order valence-corrected chi connectivity index (χ3v) is 4.29. The van der Waals surface area contributed by atoms with Gasteiger partial charge in [-0.05, 0) is 29.8 Å². The Kier molecular flexibility index (Phi) is 5.81. The second kappa shape index (κ2) is 8.26. The fourth-order valence-electron chi connectivity index (χ4n) is 2.61. The molecule has 3 rings (SSSR count). The van der Waals surface area contributed by atoms with Gasteiger partial charge in [-0.1, -0.05) is 12.1 Å². The Hall–Kier alpha value is -2.80. The van der Waals surface area contributed by atoms with Crippen LogP contribution < -0.4 is 15.0 Å². The van der Waals surface area contributed by atoms with Gasteiger partial charge < -0.3 is 14.8 Å². The summed E-state index contributed by atoms with van der Waals surface area (Å²) in [4.78, 5) is 24.3. The highest BCUT2D eigenvalue weighted by Gasteiger charge is 2.32. The molecule has 6 nitrogen and oxygen atoms in total. The van der Waals surface area contributed by atoms with E-state index >= 15 is 0 Å². The van der Waals surface area contributed by atoms with Gasteiger partial charge in [0.25, 0.3) is 0 Å². The van der Waals surface area contributed by atoms with Crippen molar-refractivity contribution in [3.63, 3.8) is 0 Å². The average molecular weight is 393 g/mol. The van der Waals surface area contributed by atoms with Gasteiger partial charge in [0, 0.05) is 18.9 Å². The van der Waals surface area contributed by atoms with Gasteiger partial charge in [-0.2, -0.15) is 0 Å². The van der Waals surface area contributed by atoms with Crippen LogP contribution >= 0.6 is 11.6 Å². The Balaban J connectivity index is 1.68. The van der Waals surface area contributed by atoms with E-state index in [9.17, 15) is 14.0 Å². The van der Waals surface area contributed by atoms with Gasteiger partial charge in [0.15, 0.2) is 11.6 Å². The molecular formula is C19H18ClFN2O4. The van der Waals surface area contributed by atoms with Crippen molar-refractivity contribution in [3.05, 3.63) is 53.8 Å². The predicted molar refractivity (Wildman–Crippen MR) is 98.8 cm³/mol. The van der Waals surface area contributed by atoms with Crippen LogP contribution in [-0.2, 0) is 15.4 Å². The summed E-state index contributed by atoms with van der Waals surface area (Å²) in [5.41, 5.74) is 1.29. The number of nitrogens with zero attached hydrogens (tertiary/aromatic N) is 1. The second-order valence-corrected chi connectivity index (χ2v) is 6.32. The van der Waals surface area contributed by atoms with Gasteiger partial charge >= 0.3 is 6.09 Å². The Bertz CT molecular complexity index is 844. The molecular weight excluding hydrogens is 375 g/mol. The number of halogens is 2. The van der Waals surface area contributed by atoms with E-state index in [2.05, 4.69) is 5.32 Å². The van der Waals surface area contributed by atoms with Crippen molar-refractivity contribution in [2.24, 2.45) is 0 Å². The first-order chi connectivity index (χ1) is 13.0. The van der Waals surface area contributed by atoms with Crippen LogP contribution in [0.4, 0.5) is 14.9 Å². The summed E-state index contributed by atoms with van der Waals surface area (Å²) in [6.45, 7) is 1.81. The summed E-state index contributed by atoms with van der Waals surface area (Å²) in [5, 5.41) is 2.59. The molecule has 0 spiro atoms. The van der Waals surface area contributed by atoms with Crippen molar-refractivity contribution in [1.29, 1.82) is 0 Å². The number of carbonyl (C=O) groups excluding carboxylic acids is 2. The Morgan fingerprint density at radius 1 is 1.33 bits per heavy atom. The van der Waals surface area contributed by atoms with Crippen LogP contribution in [0.25, 0.3) is 0 Å². The van der Waals surface area contributed by atoms with Gasteiger partial charge in [0.05, 0.1) is 18.8 Å². The number of benzene rings is 2. The van der Waals surface area contributed by atoms with E-state index in [1.165, 1.54) is 24.0 Å². The van der Waals surface area contributed by atoms with Crippen LogP contribution in [-0.4, -0.2) is 31.2 Å². The summed E-state index contributed by atoms with van der Waals surface area (Å²) in [5.74, 6) is 0.0902. The molecule has 2 aromatic rings. The number of hydrogen-bond acceptors (Lipinski definition) is 4. The highest BCUT2D eigenvalue weighted by atomic mass is 35.5. The molecule has 0 radical (unpaired) electrons. The highest BCUT2D eigenvalue weighted by molar-refractivity contribution is 6.17. The molecule has 0 aliphatic carbocycles. The fourth-order valence-corrected chi connectivity index (χ4v) is 2.79. The monoisotopic (exact) mass is 392 g/mol. The van der Waals surface area contributed by atoms with E-state index in [-0.39, 0.29) is 24.7 Å². The number of nitrogens with one attached hydrogen (secondary N) is 1. The van der Waals surface area contributed by atoms with Gasteiger partial charge in [-0.25, -0.2) is 9.18 Å². The molecule has 1 aliphatic rings. The number of carbonyl (C=O) groups is 2. The van der Waals surface area contributed by atoms with Crippen LogP contribution in [0.2, 0.25) is 0 Å². The van der Waals surface area contributed by atoms with Crippen LogP contribution in [0.15, 0.2) is 42.5 Å². The van der Waals surface area contributed by atoms with Crippen LogP contribution in [0, 0.1) is 5.82 Å². The van der Waals surface area contributed by atoms with Crippen LogP contribution in [0.3, 0.4) is 0 Å². The number of amides is 2. The number of rotatable bonds is 6. The first-order valence-corrected chi connectivity index (χ1v) is 8.84. The minimum absolute atomic E-state index is 0.0414. The molecule has 0 saturated carbocycles. The van der Waals surface area contributed by atoms with E-state index in [1.807, 2.05) is 0 Å². The SMILES string of the molecule is CC(=O)NCC1CN(c2ccc(Oc3ccc(CCl)cc3)c(F)c2)C(=O)O1. The molecule has 27 heavy (non-hydrogen) atoms. The third kappa shape index (κ3) is 4.68. The van der Waals surface area contributed by atoms with E-state index in [0.717, 1.165) is 5.56 Å². The number of cyclic esters (lactones) is 1. The van der Waals surface area contributed by atoms with Crippen molar-refractivity contribution in [1.82, 2.24) is 5.32 Å². The molecule has 0 bridgehead atoms. The lowest BCUT2D eigenvalue weighted by atomic mass is 10.2. The number of alkyl halides is 1. The summed E-state index contributed by atoms with van der Waals surface area (Å²) >= 11 is 5.74. The first-order valence-electron chi connectivity index (χ1n) is 8.31. The van der Waals surface area contributed by atoms with Crippen molar-refractivity contribution >= 4 is 29.3 Å². The smallest absolute Gasteiger partial charge is 0.414 e. The molecule has 142 valence electrons. The largest absolute Gasteiger partial charge is 0.454 e. The Morgan fingerprint density at radius 3 is 2.70 bits per heavy atom. The van der Waals surface area contributed by atoms with Gasteiger partial charge in [-0.3, -0.25) is 9.69 Å². The maximum Gasteiger partial charge on any atom is 0.414 e. The van der Waals surface area contributed by atoms with E-state index < -0.39 is 18.0 Å². The minimum atomic E-state index is -0.605. The van der Waals surface area contributed by atoms with Gasteiger partial charge in [0.1, 0.15) is 11.9 Å². The third-order valence-electron chi connectivity index (χ3n) is 3.99. The van der Waals surface area contributed by atoms with Crippen molar-refractivity contribution < 1.29 is 23.5 Å². The van der Waals surface area contributed by atoms with Crippen LogP contribution in [0.5, 0.6) is 11.5 Å². The molecule has 1 N–H and O–H groups in total. The maximum atomic E-state index is 14.4. The summed E-state index contributed by atoms with van der Waals surface area (Å²) in [7, 11) is 0. The summed E-state index contributed by atoms with van der Waals surface area (Å²) in [6, 6.07) is 11.2. The predicted octanol–water partition coefficient (Wildman–Crippen LogP) is 3.82. The average Bonchev–Trinajstić information content (AvgIpc) is 3.03. The number of hydrogen-bond donors (Lipinski definition) is 1. The lowest BCUT2D eigenvalue weighted by Gasteiger charge is -2.15. The van der Waals surface area contributed by atoms with Crippen molar-refractivity contribution in [2.75, 3.05) is 18.0 Å². The molecule has 1 heterocycles. The molecule has 1 unspecified atom stereocenters. The first kappa shape index (κ1) is 19.0. The highest BCUT2D eigenvalue weighted by Crippen LogP contribution is 2.30. The standard InChI is InChI=1S/C19H18ClFN2O4/c1-12(24)22-10-16-11-23(19(25)27-16)14-4-7-18(17(21)8-14)26-15-5-2-13(9-20)3-6-15/h2-8,16H,9-11H2,1H3,(H,22,24). The molecule has 1 aliphatic heterocycles. The molecule has 8 heteroatoms. The lowest BCUT2D eigenvalue weighted by molar-refractivity contribution is -0.119. The normalized spacial score (nSPS) is 16.2. The molecule has 1 atom stereocenters. The zero-order valence-electron chi connectivity index (χ0n) is 14.6. The van der Waals surface area contributed by atoms with Crippen molar-refractivity contribution in [3.8, 4) is 11.5 Å².